The van der Waals surface area contributed by atoms with Gasteiger partial charge in [0.2, 0.25) is 5.92 Å². The van der Waals surface area contributed by atoms with E-state index in [1.165, 1.54) is 0 Å². The number of rotatable bonds is 2. The number of aryl methyl sites for hydroxylation is 1. The van der Waals surface area contributed by atoms with Gasteiger partial charge in [0.05, 0.1) is 12.7 Å². The van der Waals surface area contributed by atoms with Crippen molar-refractivity contribution in [1.82, 2.24) is 0 Å². The summed E-state index contributed by atoms with van der Waals surface area (Å²) >= 11 is 0. The minimum Gasteiger partial charge on any atom is -0.493 e. The van der Waals surface area contributed by atoms with E-state index in [2.05, 4.69) is 0 Å². The van der Waals surface area contributed by atoms with Gasteiger partial charge in [0.1, 0.15) is 5.75 Å². The molecule has 0 aromatic heterocycles. The Balaban J connectivity index is 1.79. The highest BCUT2D eigenvalue weighted by Gasteiger charge is 2.38. The van der Waals surface area contributed by atoms with Crippen molar-refractivity contribution in [2.24, 2.45) is 5.92 Å². The van der Waals surface area contributed by atoms with Gasteiger partial charge in [-0.15, -0.1) is 0 Å². The highest BCUT2D eigenvalue weighted by atomic mass is 19.3. The Morgan fingerprint density at radius 3 is 2.75 bits per heavy atom. The fourth-order valence-electron chi connectivity index (χ4n) is 3.28. The van der Waals surface area contributed by atoms with Gasteiger partial charge in [0.15, 0.2) is 0 Å². The first-order chi connectivity index (χ1) is 9.57. The number of aliphatic hydroxyl groups excluding tert-OH is 1. The minimum atomic E-state index is -2.55. The molecule has 3 rings (SSSR count). The van der Waals surface area contributed by atoms with Gasteiger partial charge in [0.25, 0.3) is 0 Å². The van der Waals surface area contributed by atoms with Crippen LogP contribution in [0.25, 0.3) is 0 Å². The molecule has 1 atom stereocenters. The fourth-order valence-corrected chi connectivity index (χ4v) is 3.28. The maximum Gasteiger partial charge on any atom is 0.248 e. The average molecular weight is 282 g/mol. The molecular formula is C16H20F2O2. The molecule has 1 aliphatic heterocycles. The van der Waals surface area contributed by atoms with E-state index in [4.69, 9.17) is 4.74 Å². The molecule has 0 amide bonds. The molecule has 1 unspecified atom stereocenters. The molecule has 1 heterocycles. The number of aliphatic hydroxyl groups is 1. The Hall–Kier alpha value is -1.16. The first-order valence-corrected chi connectivity index (χ1v) is 7.37. The van der Waals surface area contributed by atoms with E-state index in [1.54, 1.807) is 0 Å². The molecule has 0 saturated heterocycles. The second-order valence-electron chi connectivity index (χ2n) is 5.93. The smallest absolute Gasteiger partial charge is 0.248 e. The summed E-state index contributed by atoms with van der Waals surface area (Å²) in [5.41, 5.74) is 1.89. The quantitative estimate of drug-likeness (QED) is 0.892. The lowest BCUT2D eigenvalue weighted by atomic mass is 9.80. The van der Waals surface area contributed by atoms with Gasteiger partial charge in [-0.3, -0.25) is 0 Å². The van der Waals surface area contributed by atoms with Crippen LogP contribution in [0.5, 0.6) is 5.75 Å². The lowest BCUT2D eigenvalue weighted by molar-refractivity contribution is -0.0629. The van der Waals surface area contributed by atoms with Crippen LogP contribution in [-0.2, 0) is 6.42 Å². The highest BCUT2D eigenvalue weighted by Crippen LogP contribution is 2.44. The van der Waals surface area contributed by atoms with E-state index in [0.29, 0.717) is 19.4 Å². The zero-order valence-corrected chi connectivity index (χ0v) is 11.4. The summed E-state index contributed by atoms with van der Waals surface area (Å²) in [5, 5.41) is 10.5. The van der Waals surface area contributed by atoms with Crippen LogP contribution in [0, 0.1) is 5.92 Å². The van der Waals surface area contributed by atoms with Crippen molar-refractivity contribution in [3.05, 3.63) is 29.3 Å². The molecule has 1 fully saturated rings. The van der Waals surface area contributed by atoms with Crippen LogP contribution in [0.15, 0.2) is 18.2 Å². The number of halogens is 2. The van der Waals surface area contributed by atoms with Crippen molar-refractivity contribution in [2.45, 2.75) is 50.6 Å². The largest absolute Gasteiger partial charge is 0.493 e. The summed E-state index contributed by atoms with van der Waals surface area (Å²) in [6.45, 7) is 0.666. The van der Waals surface area contributed by atoms with E-state index >= 15 is 0 Å². The number of benzene rings is 1. The number of hydrogen-bond donors (Lipinski definition) is 1. The number of hydrogen-bond acceptors (Lipinski definition) is 2. The summed E-state index contributed by atoms with van der Waals surface area (Å²) in [6, 6.07) is 5.80. The highest BCUT2D eigenvalue weighted by molar-refractivity contribution is 5.44. The number of para-hydroxylation sites is 1. The van der Waals surface area contributed by atoms with Crippen molar-refractivity contribution in [1.29, 1.82) is 0 Å². The van der Waals surface area contributed by atoms with Crippen LogP contribution in [0.1, 0.15) is 49.3 Å². The SMILES string of the molecule is OC(c1cccc2c1OCCC2)C1CCC(F)(F)CC1. The molecule has 2 nitrogen and oxygen atoms in total. The fraction of sp³-hybridized carbons (Fsp3) is 0.625. The van der Waals surface area contributed by atoms with Crippen molar-refractivity contribution < 1.29 is 18.6 Å². The van der Waals surface area contributed by atoms with Gasteiger partial charge in [-0.1, -0.05) is 18.2 Å². The predicted octanol–water partition coefficient (Wildman–Crippen LogP) is 3.87. The first kappa shape index (κ1) is 13.8. The van der Waals surface area contributed by atoms with Crippen LogP contribution in [0.4, 0.5) is 8.78 Å². The Labute approximate surface area is 117 Å². The Bertz CT molecular complexity index is 477. The zero-order chi connectivity index (χ0) is 14.2. The van der Waals surface area contributed by atoms with E-state index in [1.807, 2.05) is 18.2 Å². The van der Waals surface area contributed by atoms with Crippen LogP contribution in [-0.4, -0.2) is 17.6 Å². The summed E-state index contributed by atoms with van der Waals surface area (Å²) in [5.74, 6) is -1.86. The number of fused-ring (bicyclic) bond motifs is 1. The molecule has 1 aromatic rings. The Morgan fingerprint density at radius 2 is 2.00 bits per heavy atom. The third kappa shape index (κ3) is 2.66. The lowest BCUT2D eigenvalue weighted by Crippen LogP contribution is -2.28. The summed E-state index contributed by atoms with van der Waals surface area (Å²) < 4.78 is 32.1. The second kappa shape index (κ2) is 5.32. The average Bonchev–Trinajstić information content (AvgIpc) is 2.46. The Morgan fingerprint density at radius 1 is 1.25 bits per heavy atom. The molecule has 4 heteroatoms. The van der Waals surface area contributed by atoms with E-state index < -0.39 is 12.0 Å². The zero-order valence-electron chi connectivity index (χ0n) is 11.4. The molecule has 0 radical (unpaired) electrons. The van der Waals surface area contributed by atoms with Gasteiger partial charge in [-0.2, -0.15) is 0 Å². The monoisotopic (exact) mass is 282 g/mol. The summed E-state index contributed by atoms with van der Waals surface area (Å²) in [7, 11) is 0. The molecule has 1 N–H and O–H groups in total. The van der Waals surface area contributed by atoms with Crippen molar-refractivity contribution in [3.63, 3.8) is 0 Å². The molecule has 0 bridgehead atoms. The minimum absolute atomic E-state index is 0.0911. The standard InChI is InChI=1S/C16H20F2O2/c17-16(18)8-6-11(7-9-16)14(19)13-5-1-3-12-4-2-10-20-15(12)13/h1,3,5,11,14,19H,2,4,6-10H2. The summed E-state index contributed by atoms with van der Waals surface area (Å²) in [6.07, 6.45) is 1.75. The van der Waals surface area contributed by atoms with Gasteiger partial charge in [0, 0.05) is 18.4 Å². The lowest BCUT2D eigenvalue weighted by Gasteiger charge is -2.32. The third-order valence-electron chi connectivity index (χ3n) is 4.49. The second-order valence-corrected chi connectivity index (χ2v) is 5.93. The van der Waals surface area contributed by atoms with E-state index in [-0.39, 0.29) is 18.8 Å². The maximum atomic E-state index is 13.2. The van der Waals surface area contributed by atoms with Crippen LogP contribution >= 0.6 is 0 Å². The van der Waals surface area contributed by atoms with E-state index in [0.717, 1.165) is 29.7 Å². The number of ether oxygens (including phenoxy) is 1. The van der Waals surface area contributed by atoms with Gasteiger partial charge in [-0.25, -0.2) is 8.78 Å². The molecular weight excluding hydrogens is 262 g/mol. The van der Waals surface area contributed by atoms with Crippen molar-refractivity contribution in [2.75, 3.05) is 6.61 Å². The molecule has 20 heavy (non-hydrogen) atoms. The normalized spacial score (nSPS) is 23.8. The molecule has 0 spiro atoms. The topological polar surface area (TPSA) is 29.5 Å². The predicted molar refractivity (Wildman–Crippen MR) is 72.1 cm³/mol. The van der Waals surface area contributed by atoms with E-state index in [9.17, 15) is 13.9 Å². The van der Waals surface area contributed by atoms with Crippen LogP contribution in [0.3, 0.4) is 0 Å². The first-order valence-electron chi connectivity index (χ1n) is 7.37. The molecule has 2 aliphatic rings. The molecule has 1 aromatic carbocycles. The van der Waals surface area contributed by atoms with Gasteiger partial charge >= 0.3 is 0 Å². The maximum absolute atomic E-state index is 13.2. The van der Waals surface area contributed by atoms with Crippen molar-refractivity contribution in [3.8, 4) is 5.75 Å². The van der Waals surface area contributed by atoms with Gasteiger partial charge in [-0.05, 0) is 37.2 Å². The van der Waals surface area contributed by atoms with Crippen LogP contribution < -0.4 is 4.74 Å². The van der Waals surface area contributed by atoms with Crippen LogP contribution in [0.2, 0.25) is 0 Å². The number of alkyl halides is 2. The molecule has 110 valence electrons. The van der Waals surface area contributed by atoms with Gasteiger partial charge < -0.3 is 9.84 Å². The van der Waals surface area contributed by atoms with Crippen molar-refractivity contribution >= 4 is 0 Å². The molecule has 1 aliphatic carbocycles. The summed E-state index contributed by atoms with van der Waals surface area (Å²) in [4.78, 5) is 0. The molecule has 1 saturated carbocycles. The Kier molecular flexibility index (Phi) is 3.67. The third-order valence-corrected chi connectivity index (χ3v) is 4.49.